The number of nitrogens with zero attached hydrogens (tertiary/aromatic N) is 2. The number of rotatable bonds is 4. The summed E-state index contributed by atoms with van der Waals surface area (Å²) in [6.07, 6.45) is 0. The van der Waals surface area contributed by atoms with Crippen LogP contribution in [0.1, 0.15) is 15.9 Å². The molecule has 0 atom stereocenters. The van der Waals surface area contributed by atoms with Gasteiger partial charge in [0.2, 0.25) is 4.80 Å². The molecule has 28 heavy (non-hydrogen) atoms. The van der Waals surface area contributed by atoms with Crippen LogP contribution in [0.4, 0.5) is 0 Å². The van der Waals surface area contributed by atoms with E-state index in [2.05, 4.69) is 51.7 Å². The van der Waals surface area contributed by atoms with Gasteiger partial charge in [-0.25, -0.2) is 5.43 Å². The quantitative estimate of drug-likeness (QED) is 0.506. The van der Waals surface area contributed by atoms with Crippen molar-refractivity contribution in [3.8, 4) is 16.9 Å². The second-order valence-corrected chi connectivity index (χ2v) is 7.20. The van der Waals surface area contributed by atoms with Crippen molar-refractivity contribution in [2.45, 2.75) is 6.92 Å². The van der Waals surface area contributed by atoms with Crippen molar-refractivity contribution in [2.75, 3.05) is 0 Å². The molecule has 5 heteroatoms. The highest BCUT2D eigenvalue weighted by molar-refractivity contribution is 7.07. The van der Waals surface area contributed by atoms with E-state index in [4.69, 9.17) is 0 Å². The summed E-state index contributed by atoms with van der Waals surface area (Å²) in [5.74, 6) is -0.231. The van der Waals surface area contributed by atoms with E-state index in [0.29, 0.717) is 10.4 Å². The number of aryl methyl sites for hydroxylation is 1. The van der Waals surface area contributed by atoms with Gasteiger partial charge in [0.25, 0.3) is 5.91 Å². The highest BCUT2D eigenvalue weighted by Gasteiger charge is 2.11. The molecule has 0 aliphatic heterocycles. The molecule has 138 valence electrons. The third kappa shape index (κ3) is 3.80. The van der Waals surface area contributed by atoms with Crippen LogP contribution >= 0.6 is 11.3 Å². The van der Waals surface area contributed by atoms with Gasteiger partial charge in [0.05, 0.1) is 5.69 Å². The monoisotopic (exact) mass is 385 g/mol. The van der Waals surface area contributed by atoms with E-state index in [1.807, 2.05) is 48.5 Å². The summed E-state index contributed by atoms with van der Waals surface area (Å²) in [7, 11) is 0. The van der Waals surface area contributed by atoms with Gasteiger partial charge >= 0.3 is 0 Å². The molecule has 0 spiro atoms. The maximum atomic E-state index is 12.4. The molecule has 0 radical (unpaired) electrons. The summed E-state index contributed by atoms with van der Waals surface area (Å²) in [4.78, 5) is 13.1. The normalized spacial score (nSPS) is 11.4. The summed E-state index contributed by atoms with van der Waals surface area (Å²) < 4.78 is 2.06. The SMILES string of the molecule is Cc1ccc(-c2cs/c(=N\NC(=O)c3ccccc3)n2-c2ccccc2)cc1. The molecule has 1 heterocycles. The lowest BCUT2D eigenvalue weighted by atomic mass is 10.1. The molecule has 0 aliphatic carbocycles. The minimum Gasteiger partial charge on any atom is -0.284 e. The van der Waals surface area contributed by atoms with Gasteiger partial charge in [0.1, 0.15) is 0 Å². The molecule has 4 nitrogen and oxygen atoms in total. The van der Waals surface area contributed by atoms with E-state index in [1.54, 1.807) is 12.1 Å². The summed E-state index contributed by atoms with van der Waals surface area (Å²) in [6, 6.07) is 27.5. The minimum absolute atomic E-state index is 0.231. The van der Waals surface area contributed by atoms with Crippen molar-refractivity contribution >= 4 is 17.2 Å². The Labute approximate surface area is 167 Å². The third-order valence-corrected chi connectivity index (χ3v) is 5.18. The Morgan fingerprint density at radius 3 is 2.21 bits per heavy atom. The van der Waals surface area contributed by atoms with Crippen LogP contribution in [0.25, 0.3) is 16.9 Å². The number of hydrogen-bond acceptors (Lipinski definition) is 3. The van der Waals surface area contributed by atoms with Crippen LogP contribution in [-0.4, -0.2) is 10.5 Å². The smallest absolute Gasteiger partial charge is 0.271 e. The minimum atomic E-state index is -0.231. The first-order chi connectivity index (χ1) is 13.7. The molecule has 1 amide bonds. The number of benzene rings is 3. The average molecular weight is 385 g/mol. The van der Waals surface area contributed by atoms with Crippen molar-refractivity contribution in [1.82, 2.24) is 9.99 Å². The van der Waals surface area contributed by atoms with Crippen LogP contribution in [0.5, 0.6) is 0 Å². The van der Waals surface area contributed by atoms with Gasteiger partial charge in [-0.2, -0.15) is 0 Å². The zero-order valence-corrected chi connectivity index (χ0v) is 16.2. The predicted molar refractivity (Wildman–Crippen MR) is 113 cm³/mol. The van der Waals surface area contributed by atoms with E-state index in [9.17, 15) is 4.79 Å². The van der Waals surface area contributed by atoms with Crippen LogP contribution in [-0.2, 0) is 0 Å². The molecule has 0 bridgehead atoms. The number of hydrogen-bond donors (Lipinski definition) is 1. The number of carbonyl (C=O) groups excluding carboxylic acids is 1. The van der Waals surface area contributed by atoms with Crippen LogP contribution < -0.4 is 10.2 Å². The molecular weight excluding hydrogens is 366 g/mol. The lowest BCUT2D eigenvalue weighted by Gasteiger charge is -2.09. The zero-order valence-electron chi connectivity index (χ0n) is 15.4. The Morgan fingerprint density at radius 2 is 1.54 bits per heavy atom. The topological polar surface area (TPSA) is 46.4 Å². The Balaban J connectivity index is 1.77. The molecule has 4 rings (SSSR count). The summed E-state index contributed by atoms with van der Waals surface area (Å²) in [5.41, 5.74) is 7.59. The molecule has 0 aliphatic rings. The van der Waals surface area contributed by atoms with E-state index in [0.717, 1.165) is 16.9 Å². The largest absolute Gasteiger partial charge is 0.284 e. The zero-order chi connectivity index (χ0) is 19.3. The first kappa shape index (κ1) is 17.9. The van der Waals surface area contributed by atoms with E-state index < -0.39 is 0 Å². The van der Waals surface area contributed by atoms with E-state index in [1.165, 1.54) is 16.9 Å². The van der Waals surface area contributed by atoms with Crippen LogP contribution in [0.15, 0.2) is 95.4 Å². The molecule has 3 aromatic carbocycles. The van der Waals surface area contributed by atoms with Crippen molar-refractivity contribution in [2.24, 2.45) is 5.10 Å². The van der Waals surface area contributed by atoms with E-state index in [-0.39, 0.29) is 5.91 Å². The molecule has 0 saturated carbocycles. The number of para-hydroxylation sites is 1. The van der Waals surface area contributed by atoms with Crippen molar-refractivity contribution in [3.63, 3.8) is 0 Å². The highest BCUT2D eigenvalue weighted by Crippen LogP contribution is 2.23. The molecule has 0 saturated heterocycles. The third-order valence-electron chi connectivity index (χ3n) is 4.36. The lowest BCUT2D eigenvalue weighted by Crippen LogP contribution is -2.24. The summed E-state index contributed by atoms with van der Waals surface area (Å²) in [5, 5.41) is 6.47. The van der Waals surface area contributed by atoms with E-state index >= 15 is 0 Å². The number of thiazole rings is 1. The second-order valence-electron chi connectivity index (χ2n) is 6.36. The van der Waals surface area contributed by atoms with Gasteiger partial charge in [-0.3, -0.25) is 9.36 Å². The molecule has 0 fully saturated rings. The van der Waals surface area contributed by atoms with Gasteiger partial charge in [-0.15, -0.1) is 16.4 Å². The fourth-order valence-electron chi connectivity index (χ4n) is 2.89. The second kappa shape index (κ2) is 8.06. The Morgan fingerprint density at radius 1 is 0.893 bits per heavy atom. The van der Waals surface area contributed by atoms with Gasteiger partial charge < -0.3 is 0 Å². The van der Waals surface area contributed by atoms with Crippen molar-refractivity contribution < 1.29 is 4.79 Å². The van der Waals surface area contributed by atoms with Gasteiger partial charge in [-0.1, -0.05) is 66.2 Å². The number of amides is 1. The number of carbonyl (C=O) groups is 1. The molecule has 0 unspecified atom stereocenters. The molecular formula is C23H19N3OS. The Kier molecular flexibility index (Phi) is 5.17. The predicted octanol–water partition coefficient (Wildman–Crippen LogP) is 4.76. The standard InChI is InChI=1S/C23H19N3OS/c1-17-12-14-18(15-13-17)21-16-28-23(26(21)20-10-6-3-7-11-20)25-24-22(27)19-8-4-2-5-9-19/h2-16H,1H3,(H,24,27)/b25-23-. The lowest BCUT2D eigenvalue weighted by molar-refractivity contribution is 0.0953. The summed E-state index contributed by atoms with van der Waals surface area (Å²) >= 11 is 1.49. The van der Waals surface area contributed by atoms with Crippen LogP contribution in [0.2, 0.25) is 0 Å². The van der Waals surface area contributed by atoms with Crippen molar-refractivity contribution in [1.29, 1.82) is 0 Å². The highest BCUT2D eigenvalue weighted by atomic mass is 32.1. The first-order valence-electron chi connectivity index (χ1n) is 8.94. The fraction of sp³-hybridized carbons (Fsp3) is 0.0435. The van der Waals surface area contributed by atoms with Crippen LogP contribution in [0.3, 0.4) is 0 Å². The maximum Gasteiger partial charge on any atom is 0.271 e. The fourth-order valence-corrected chi connectivity index (χ4v) is 3.76. The molecule has 1 N–H and O–H groups in total. The number of nitrogens with one attached hydrogen (secondary N) is 1. The maximum absolute atomic E-state index is 12.4. The molecule has 1 aromatic heterocycles. The van der Waals surface area contributed by atoms with Gasteiger partial charge in [-0.05, 0) is 36.8 Å². The Bertz CT molecular complexity index is 1140. The first-order valence-corrected chi connectivity index (χ1v) is 9.82. The summed E-state index contributed by atoms with van der Waals surface area (Å²) in [6.45, 7) is 2.07. The van der Waals surface area contributed by atoms with Gasteiger partial charge in [0.15, 0.2) is 0 Å². The molecule has 4 aromatic rings. The van der Waals surface area contributed by atoms with Gasteiger partial charge in [0, 0.05) is 16.6 Å². The van der Waals surface area contributed by atoms with Crippen molar-refractivity contribution in [3.05, 3.63) is 106 Å². The van der Waals surface area contributed by atoms with Crippen LogP contribution in [0, 0.1) is 6.92 Å². The number of aromatic nitrogens is 1. The average Bonchev–Trinajstić information content (AvgIpc) is 3.17. The Hall–Kier alpha value is -3.44.